The summed E-state index contributed by atoms with van der Waals surface area (Å²) in [5, 5.41) is 4.24. The fraction of sp³-hybridized carbons (Fsp3) is 0.152. The third-order valence-corrected chi connectivity index (χ3v) is 7.75. The first-order valence-corrected chi connectivity index (χ1v) is 13.3. The van der Waals surface area contributed by atoms with Crippen LogP contribution in [-0.2, 0) is 4.79 Å². The highest BCUT2D eigenvalue weighted by Crippen LogP contribution is 2.48. The molecule has 5 nitrogen and oxygen atoms in total. The number of anilines is 2. The van der Waals surface area contributed by atoms with Crippen molar-refractivity contribution < 1.29 is 14.3 Å². The molecule has 0 radical (unpaired) electrons. The first-order valence-electron chi connectivity index (χ1n) is 12.9. The van der Waals surface area contributed by atoms with Gasteiger partial charge in [-0.25, -0.2) is 0 Å². The summed E-state index contributed by atoms with van der Waals surface area (Å²) in [5.41, 5.74) is 5.42. The summed E-state index contributed by atoms with van der Waals surface area (Å²) < 4.78 is 5.40. The minimum absolute atomic E-state index is 0.000992. The van der Waals surface area contributed by atoms with E-state index in [0.717, 1.165) is 28.2 Å². The molecule has 39 heavy (non-hydrogen) atoms. The molecule has 6 heteroatoms. The molecule has 1 heterocycles. The molecule has 4 aromatic carbocycles. The van der Waals surface area contributed by atoms with Crippen LogP contribution in [0.15, 0.2) is 114 Å². The van der Waals surface area contributed by atoms with Crippen molar-refractivity contribution in [2.75, 3.05) is 17.3 Å². The molecule has 2 atom stereocenters. The maximum absolute atomic E-state index is 14.2. The number of nitrogens with zero attached hydrogens (tertiary/aromatic N) is 1. The number of carbonyl (C=O) groups is 2. The second kappa shape index (κ2) is 10.4. The first-order chi connectivity index (χ1) is 19.0. The lowest BCUT2D eigenvalue weighted by Gasteiger charge is -2.35. The van der Waals surface area contributed by atoms with Crippen molar-refractivity contribution >= 4 is 34.7 Å². The van der Waals surface area contributed by atoms with Gasteiger partial charge in [0.1, 0.15) is 5.75 Å². The minimum Gasteiger partial charge on any atom is -0.497 e. The van der Waals surface area contributed by atoms with Crippen LogP contribution in [0.2, 0.25) is 5.02 Å². The van der Waals surface area contributed by atoms with Crippen LogP contribution in [0.25, 0.3) is 0 Å². The van der Waals surface area contributed by atoms with Gasteiger partial charge in [0.05, 0.1) is 24.5 Å². The normalized spacial score (nSPS) is 18.5. The van der Waals surface area contributed by atoms with Gasteiger partial charge in [-0.05, 0) is 72.0 Å². The van der Waals surface area contributed by atoms with Gasteiger partial charge in [-0.3, -0.25) is 14.5 Å². The Balaban J connectivity index is 1.55. The van der Waals surface area contributed by atoms with Crippen molar-refractivity contribution in [2.24, 2.45) is 0 Å². The highest BCUT2D eigenvalue weighted by Gasteiger charge is 2.41. The number of methoxy groups -OCH3 is 1. The molecule has 4 aromatic rings. The number of carbonyl (C=O) groups excluding carboxylic acids is 2. The Labute approximate surface area is 232 Å². The zero-order valence-corrected chi connectivity index (χ0v) is 22.2. The molecule has 0 spiro atoms. The van der Waals surface area contributed by atoms with Crippen LogP contribution in [0.4, 0.5) is 11.4 Å². The van der Waals surface area contributed by atoms with Crippen LogP contribution < -0.4 is 15.0 Å². The molecular formula is C33H27ClN2O3. The summed E-state index contributed by atoms with van der Waals surface area (Å²) >= 11 is 6.14. The van der Waals surface area contributed by atoms with E-state index in [1.54, 1.807) is 12.0 Å². The fourth-order valence-corrected chi connectivity index (χ4v) is 5.73. The largest absolute Gasteiger partial charge is 0.497 e. The lowest BCUT2D eigenvalue weighted by atomic mass is 9.78. The molecule has 2 unspecified atom stereocenters. The highest BCUT2D eigenvalue weighted by molar-refractivity contribution is 6.30. The second-order valence-electron chi connectivity index (χ2n) is 9.83. The van der Waals surface area contributed by atoms with E-state index in [2.05, 4.69) is 5.32 Å². The number of fused-ring (bicyclic) bond motifs is 1. The summed E-state index contributed by atoms with van der Waals surface area (Å²) in [6, 6.07) is 31.6. The number of Topliss-reactive ketones (excluding diaryl/α,β-unsaturated/α-hetero) is 1. The standard InChI is InChI=1S/C33H27ClN2O3/c1-39-26-17-13-22(14-18-26)32-31-28(19-24(20-30(31)37)21-11-15-25(34)16-12-21)35-27-9-5-6-10-29(27)36(32)33(38)23-7-3-2-4-8-23/h2-18,24,32,35H,19-20H2,1H3. The highest BCUT2D eigenvalue weighted by atomic mass is 35.5. The molecule has 2 aliphatic rings. The quantitative estimate of drug-likeness (QED) is 0.293. The topological polar surface area (TPSA) is 58.6 Å². The Bertz CT molecular complexity index is 1560. The van der Waals surface area contributed by atoms with E-state index in [9.17, 15) is 9.59 Å². The third-order valence-electron chi connectivity index (χ3n) is 7.50. The van der Waals surface area contributed by atoms with Gasteiger partial charge in [0.15, 0.2) is 5.78 Å². The molecule has 0 fully saturated rings. The van der Waals surface area contributed by atoms with Crippen LogP contribution in [-0.4, -0.2) is 18.8 Å². The van der Waals surface area contributed by atoms with E-state index in [0.29, 0.717) is 34.8 Å². The predicted octanol–water partition coefficient (Wildman–Crippen LogP) is 7.56. The van der Waals surface area contributed by atoms with E-state index in [1.165, 1.54) is 0 Å². The monoisotopic (exact) mass is 534 g/mol. The number of nitrogens with one attached hydrogen (secondary N) is 1. The molecule has 1 aliphatic heterocycles. The molecule has 1 N–H and O–H groups in total. The number of para-hydroxylation sites is 2. The molecule has 194 valence electrons. The summed E-state index contributed by atoms with van der Waals surface area (Å²) in [5.74, 6) is 0.551. The third kappa shape index (κ3) is 4.70. The Hall–Kier alpha value is -4.35. The summed E-state index contributed by atoms with van der Waals surface area (Å²) in [6.45, 7) is 0. The number of hydrogen-bond acceptors (Lipinski definition) is 4. The number of benzene rings is 4. The first kappa shape index (κ1) is 25.0. The number of rotatable bonds is 4. The lowest BCUT2D eigenvalue weighted by Crippen LogP contribution is -2.38. The van der Waals surface area contributed by atoms with Crippen LogP contribution in [0.3, 0.4) is 0 Å². The average Bonchev–Trinajstić information content (AvgIpc) is 3.12. The SMILES string of the molecule is COc1ccc(C2C3=C(CC(c4ccc(Cl)cc4)CC3=O)Nc3ccccc3N2C(=O)c2ccccc2)cc1. The number of allylic oxidation sites excluding steroid dienone is 1. The van der Waals surface area contributed by atoms with Crippen LogP contribution in [0.5, 0.6) is 5.75 Å². The molecular weight excluding hydrogens is 508 g/mol. The van der Waals surface area contributed by atoms with Crippen molar-refractivity contribution in [1.29, 1.82) is 0 Å². The van der Waals surface area contributed by atoms with E-state index in [4.69, 9.17) is 16.3 Å². The van der Waals surface area contributed by atoms with Crippen LogP contribution in [0, 0.1) is 0 Å². The summed E-state index contributed by atoms with van der Waals surface area (Å²) in [7, 11) is 1.62. The molecule has 0 bridgehead atoms. The number of ketones is 1. The number of hydrogen-bond donors (Lipinski definition) is 1. The van der Waals surface area contributed by atoms with Gasteiger partial charge in [-0.1, -0.05) is 66.2 Å². The van der Waals surface area contributed by atoms with Crippen molar-refractivity contribution in [3.05, 3.63) is 136 Å². The zero-order chi connectivity index (χ0) is 26.9. The van der Waals surface area contributed by atoms with Crippen molar-refractivity contribution in [2.45, 2.75) is 24.8 Å². The second-order valence-corrected chi connectivity index (χ2v) is 10.3. The maximum Gasteiger partial charge on any atom is 0.259 e. The summed E-state index contributed by atoms with van der Waals surface area (Å²) in [4.78, 5) is 30.1. The van der Waals surface area contributed by atoms with Crippen molar-refractivity contribution in [3.8, 4) is 5.75 Å². The predicted molar refractivity (Wildman–Crippen MR) is 155 cm³/mol. The van der Waals surface area contributed by atoms with Gasteiger partial charge in [0, 0.05) is 28.3 Å². The van der Waals surface area contributed by atoms with Crippen molar-refractivity contribution in [1.82, 2.24) is 0 Å². The number of amides is 1. The molecule has 0 saturated heterocycles. The van der Waals surface area contributed by atoms with Crippen LogP contribution in [0.1, 0.15) is 46.3 Å². The Morgan fingerprint density at radius 2 is 1.51 bits per heavy atom. The van der Waals surface area contributed by atoms with Gasteiger partial charge in [0.2, 0.25) is 0 Å². The number of ether oxygens (including phenoxy) is 1. The molecule has 0 aromatic heterocycles. The van der Waals surface area contributed by atoms with E-state index < -0.39 is 6.04 Å². The van der Waals surface area contributed by atoms with Gasteiger partial charge in [-0.2, -0.15) is 0 Å². The zero-order valence-electron chi connectivity index (χ0n) is 21.4. The smallest absolute Gasteiger partial charge is 0.259 e. The fourth-order valence-electron chi connectivity index (χ4n) is 5.61. The average molecular weight is 535 g/mol. The Kier molecular flexibility index (Phi) is 6.67. The Morgan fingerprint density at radius 3 is 2.23 bits per heavy atom. The molecule has 1 amide bonds. The molecule has 0 saturated carbocycles. The Morgan fingerprint density at radius 1 is 0.846 bits per heavy atom. The van der Waals surface area contributed by atoms with E-state index in [-0.39, 0.29) is 17.6 Å². The number of halogens is 1. The van der Waals surface area contributed by atoms with Gasteiger partial charge in [0.25, 0.3) is 5.91 Å². The lowest BCUT2D eigenvalue weighted by molar-refractivity contribution is -0.116. The van der Waals surface area contributed by atoms with Gasteiger partial charge >= 0.3 is 0 Å². The molecule has 6 rings (SSSR count). The summed E-state index contributed by atoms with van der Waals surface area (Å²) in [6.07, 6.45) is 0.982. The minimum atomic E-state index is -0.617. The van der Waals surface area contributed by atoms with E-state index in [1.807, 2.05) is 103 Å². The van der Waals surface area contributed by atoms with Gasteiger partial charge in [-0.15, -0.1) is 0 Å². The van der Waals surface area contributed by atoms with Gasteiger partial charge < -0.3 is 10.1 Å². The molecule has 1 aliphatic carbocycles. The van der Waals surface area contributed by atoms with Crippen molar-refractivity contribution in [3.63, 3.8) is 0 Å². The maximum atomic E-state index is 14.2. The van der Waals surface area contributed by atoms with Crippen LogP contribution >= 0.6 is 11.6 Å². The van der Waals surface area contributed by atoms with E-state index >= 15 is 0 Å².